The minimum atomic E-state index is -10.0. The van der Waals surface area contributed by atoms with Gasteiger partial charge in [-0.15, -0.1) is 0 Å². The molecule has 0 atom stereocenters. The molecule has 0 saturated carbocycles. The van der Waals surface area contributed by atoms with Crippen molar-refractivity contribution in [1.29, 1.82) is 0 Å². The van der Waals surface area contributed by atoms with E-state index in [2.05, 4.69) is 0 Å². The van der Waals surface area contributed by atoms with E-state index in [-0.39, 0.29) is 0 Å². The number of sulfonamides is 2. The predicted octanol–water partition coefficient (Wildman–Crippen LogP) is 9.18. The average Bonchev–Trinajstić information content (AvgIpc) is 2.93. The maximum absolute atomic E-state index is 13.9. The van der Waals surface area contributed by atoms with Crippen LogP contribution in [0.25, 0.3) is 0 Å². The zero-order valence-corrected chi connectivity index (χ0v) is 25.4. The first-order chi connectivity index (χ1) is 23.7. The van der Waals surface area contributed by atoms with Crippen molar-refractivity contribution in [2.75, 3.05) is 0 Å². The minimum Gasteiger partial charge on any atom is -0.203 e. The van der Waals surface area contributed by atoms with Crippen LogP contribution in [0.1, 0.15) is 0 Å². The van der Waals surface area contributed by atoms with Crippen LogP contribution in [0.3, 0.4) is 0 Å². The second kappa shape index (κ2) is 13.0. The Morgan fingerprint density at radius 1 is 0.211 bits per heavy atom. The summed E-state index contributed by atoms with van der Waals surface area (Å²) >= 11 is 0. The quantitative estimate of drug-likeness (QED) is 0.145. The van der Waals surface area contributed by atoms with Crippen molar-refractivity contribution in [3.05, 3.63) is 0 Å². The fourth-order valence-electron chi connectivity index (χ4n) is 2.85. The van der Waals surface area contributed by atoms with E-state index in [0.29, 0.717) is 0 Å². The van der Waals surface area contributed by atoms with Crippen LogP contribution in [0.2, 0.25) is 0 Å². The third kappa shape index (κ3) is 6.52. The molecular formula is C16F34NO4S2. The number of nitrogens with zero attached hydrogens (tertiary/aromatic N) is 1. The van der Waals surface area contributed by atoms with Gasteiger partial charge in [-0.3, -0.25) is 0 Å². The number of hydrogen-bond acceptors (Lipinski definition) is 4. The molecule has 0 rings (SSSR count). The normalized spacial score (nSPS) is 17.3. The lowest BCUT2D eigenvalue weighted by Gasteiger charge is -2.42. The van der Waals surface area contributed by atoms with E-state index in [1.165, 1.54) is 0 Å². The number of halogens is 34. The van der Waals surface area contributed by atoms with Crippen LogP contribution in [0, 0.1) is 0 Å². The first-order valence-electron chi connectivity index (χ1n) is 11.4. The standard InChI is InChI=1S/C16F34NO4S2/c17-1(18,5(25,26)9(33,34)13(41,42)43)3(21,22)7(29,30)11(37,38)15(47,48)56(52,53)51-57(54,55)16(49,50)12(39,40)8(31,32)4(23,24)2(19,20)6(27,28)10(35,36)14(44,45)46. The van der Waals surface area contributed by atoms with Crippen molar-refractivity contribution in [2.24, 2.45) is 0 Å². The first kappa shape index (κ1) is 54.5. The van der Waals surface area contributed by atoms with Crippen LogP contribution in [0.4, 0.5) is 149 Å². The fraction of sp³-hybridized carbons (Fsp3) is 1.00. The molecule has 0 aliphatic rings. The van der Waals surface area contributed by atoms with Crippen molar-refractivity contribution >= 4 is 20.0 Å². The third-order valence-electron chi connectivity index (χ3n) is 6.23. The average molecular weight is 980 g/mol. The van der Waals surface area contributed by atoms with Crippen molar-refractivity contribution in [3.63, 3.8) is 0 Å². The Morgan fingerprint density at radius 2 is 0.333 bits per heavy atom. The number of alkyl halides is 34. The van der Waals surface area contributed by atoms with Gasteiger partial charge in [-0.2, -0.15) is 149 Å². The molecule has 0 N–H and O–H groups in total. The maximum atomic E-state index is 13.9. The van der Waals surface area contributed by atoms with Gasteiger partial charge in [-0.05, 0) is 0 Å². The topological polar surface area (TPSA) is 82.4 Å². The zero-order valence-electron chi connectivity index (χ0n) is 23.7. The Hall–Kier alpha value is -2.52. The molecule has 0 unspecified atom stereocenters. The highest BCUT2D eigenvalue weighted by atomic mass is 32.3. The molecule has 0 spiro atoms. The van der Waals surface area contributed by atoms with Gasteiger partial charge in [-0.1, -0.05) is 0 Å². The second-order valence-corrected chi connectivity index (χ2v) is 13.5. The van der Waals surface area contributed by atoms with Crippen LogP contribution in [0.15, 0.2) is 0 Å². The number of hydrogen-bond donors (Lipinski definition) is 0. The Morgan fingerprint density at radius 3 is 0.474 bits per heavy atom. The van der Waals surface area contributed by atoms with Gasteiger partial charge < -0.3 is 0 Å². The van der Waals surface area contributed by atoms with Gasteiger partial charge in [0.05, 0.1) is 0 Å². The van der Waals surface area contributed by atoms with E-state index >= 15 is 0 Å². The minimum absolute atomic E-state index is 0.708. The van der Waals surface area contributed by atoms with Gasteiger partial charge in [-0.25, -0.2) is 16.8 Å². The smallest absolute Gasteiger partial charge is 0.203 e. The van der Waals surface area contributed by atoms with Crippen LogP contribution >= 0.6 is 0 Å². The molecule has 0 fully saturated rings. The van der Waals surface area contributed by atoms with Crippen molar-refractivity contribution in [1.82, 2.24) is 4.13 Å². The van der Waals surface area contributed by atoms with Crippen molar-refractivity contribution in [2.45, 2.75) is 93.9 Å². The predicted molar refractivity (Wildman–Crippen MR) is 101 cm³/mol. The van der Waals surface area contributed by atoms with E-state index in [9.17, 15) is 166 Å². The summed E-state index contributed by atoms with van der Waals surface area (Å²) in [4.78, 5) is 0. The highest BCUT2D eigenvalue weighted by Crippen LogP contribution is 2.66. The molecule has 0 bridgehead atoms. The van der Waals surface area contributed by atoms with Gasteiger partial charge >= 0.3 is 114 Å². The van der Waals surface area contributed by atoms with E-state index in [1.54, 1.807) is 0 Å². The van der Waals surface area contributed by atoms with Gasteiger partial charge in [0, 0.05) is 4.13 Å². The summed E-state index contributed by atoms with van der Waals surface area (Å²) in [6.07, 6.45) is -16.7. The molecule has 0 heterocycles. The highest BCUT2D eigenvalue weighted by molar-refractivity contribution is 8.05. The summed E-state index contributed by atoms with van der Waals surface area (Å²) in [5.74, 6) is -114. The molecule has 41 heteroatoms. The fourth-order valence-corrected chi connectivity index (χ4v) is 5.53. The molecule has 0 aliphatic carbocycles. The Labute approximate surface area is 285 Å². The summed E-state index contributed by atoms with van der Waals surface area (Å²) in [6.45, 7) is 0. The molecule has 343 valence electrons. The maximum Gasteiger partial charge on any atom is 0.460 e. The Bertz CT molecular complexity index is 1610. The van der Waals surface area contributed by atoms with Gasteiger partial charge in [0.2, 0.25) is 0 Å². The monoisotopic (exact) mass is 980 g/mol. The second-order valence-electron chi connectivity index (χ2n) is 9.95. The lowest BCUT2D eigenvalue weighted by molar-refractivity contribution is -0.458. The molecule has 0 aromatic carbocycles. The molecule has 57 heavy (non-hydrogen) atoms. The molecule has 0 aromatic rings. The third-order valence-corrected chi connectivity index (χ3v) is 9.61. The van der Waals surface area contributed by atoms with E-state index in [0.717, 1.165) is 0 Å². The zero-order chi connectivity index (χ0) is 47.7. The van der Waals surface area contributed by atoms with E-state index in [4.69, 9.17) is 0 Å². The summed E-state index contributed by atoms with van der Waals surface area (Å²) in [7, 11) is -20.0. The van der Waals surface area contributed by atoms with Gasteiger partial charge in [0.15, 0.2) is 0 Å². The molecule has 0 aromatic heterocycles. The molecule has 5 nitrogen and oxygen atoms in total. The Kier molecular flexibility index (Phi) is 12.4. The molecule has 1 radical (unpaired) electrons. The highest BCUT2D eigenvalue weighted by Gasteiger charge is 2.98. The molecule has 0 amide bonds. The van der Waals surface area contributed by atoms with E-state index in [1.807, 2.05) is 0 Å². The van der Waals surface area contributed by atoms with E-state index < -0.39 is 118 Å². The van der Waals surface area contributed by atoms with Gasteiger partial charge in [0.1, 0.15) is 0 Å². The number of rotatable bonds is 16. The summed E-state index contributed by atoms with van der Waals surface area (Å²) in [5.41, 5.74) is 0. The lowest BCUT2D eigenvalue weighted by atomic mass is 9.91. The summed E-state index contributed by atoms with van der Waals surface area (Å²) in [6, 6.07) is 0. The molecular weight excluding hydrogens is 980 g/mol. The van der Waals surface area contributed by atoms with Crippen LogP contribution < -0.4 is 4.13 Å². The van der Waals surface area contributed by atoms with Crippen LogP contribution in [-0.4, -0.2) is 111 Å². The van der Waals surface area contributed by atoms with Gasteiger partial charge in [0.25, 0.3) is 0 Å². The van der Waals surface area contributed by atoms with Crippen LogP contribution in [0.5, 0.6) is 0 Å². The lowest BCUT2D eigenvalue weighted by Crippen LogP contribution is -2.76. The summed E-state index contributed by atoms with van der Waals surface area (Å²) < 4.78 is 495. The first-order valence-corrected chi connectivity index (χ1v) is 14.2. The molecule has 0 saturated heterocycles. The van der Waals surface area contributed by atoms with Crippen molar-refractivity contribution in [3.8, 4) is 0 Å². The SMILES string of the molecule is O=S(=O)([N]S(=O)(=O)C(F)(F)C(F)(F)C(F)(F)C(F)(F)C(F)(F)C(F)(F)C(F)(F)C(F)(F)F)C(F)(F)C(F)(F)C(F)(F)C(F)(F)C(F)(F)C(F)(F)C(F)(F)C(F)(F)F. The summed E-state index contributed by atoms with van der Waals surface area (Å²) in [5, 5.41) is -18.9. The Balaban J connectivity index is 7.59. The largest absolute Gasteiger partial charge is 0.460 e. The molecule has 0 aliphatic heterocycles. The van der Waals surface area contributed by atoms with Crippen LogP contribution in [-0.2, 0) is 20.0 Å². The van der Waals surface area contributed by atoms with Crippen molar-refractivity contribution < 1.29 is 166 Å².